The normalized spacial score (nSPS) is 11.9. The van der Waals surface area contributed by atoms with E-state index >= 15 is 0 Å². The van der Waals surface area contributed by atoms with Crippen LogP contribution < -0.4 is 9.64 Å². The van der Waals surface area contributed by atoms with E-state index in [1.807, 2.05) is 48.7 Å². The van der Waals surface area contributed by atoms with Crippen molar-refractivity contribution < 1.29 is 13.9 Å². The number of nitrogens with zero attached hydrogens (tertiary/aromatic N) is 4. The molecule has 0 radical (unpaired) electrons. The van der Waals surface area contributed by atoms with E-state index in [9.17, 15) is 9.18 Å². The highest BCUT2D eigenvalue weighted by molar-refractivity contribution is 7.99. The first-order chi connectivity index (χ1) is 14.5. The summed E-state index contributed by atoms with van der Waals surface area (Å²) < 4.78 is 21.5. The number of thioether (sulfide) groups is 1. The number of carbonyl (C=O) groups is 1. The van der Waals surface area contributed by atoms with E-state index in [0.717, 1.165) is 5.69 Å². The number of halogens is 1. The van der Waals surface area contributed by atoms with Crippen molar-refractivity contribution in [1.82, 2.24) is 14.8 Å². The summed E-state index contributed by atoms with van der Waals surface area (Å²) in [5, 5.41) is 9.10. The van der Waals surface area contributed by atoms with E-state index in [-0.39, 0.29) is 17.4 Å². The van der Waals surface area contributed by atoms with E-state index in [1.165, 1.54) is 17.8 Å². The summed E-state index contributed by atoms with van der Waals surface area (Å²) in [7, 11) is 0. The molecule has 3 rings (SSSR count). The van der Waals surface area contributed by atoms with Gasteiger partial charge >= 0.3 is 0 Å². The van der Waals surface area contributed by atoms with Crippen LogP contribution in [0.15, 0.2) is 59.8 Å². The highest BCUT2D eigenvalue weighted by Gasteiger charge is 2.21. The number of carbonyl (C=O) groups excluding carboxylic acids is 1. The third-order valence-corrected chi connectivity index (χ3v) is 5.53. The van der Waals surface area contributed by atoms with Gasteiger partial charge in [0, 0.05) is 18.8 Å². The van der Waals surface area contributed by atoms with Crippen LogP contribution >= 0.6 is 11.8 Å². The predicted octanol–water partition coefficient (Wildman–Crippen LogP) is 4.72. The Morgan fingerprint density at radius 1 is 1.13 bits per heavy atom. The minimum Gasteiger partial charge on any atom is -0.480 e. The third kappa shape index (κ3) is 4.99. The number of ether oxygens (including phenoxy) is 1. The molecule has 0 fully saturated rings. The van der Waals surface area contributed by atoms with Gasteiger partial charge in [-0.3, -0.25) is 4.79 Å². The Hall–Kier alpha value is -2.87. The molecule has 158 valence electrons. The number of anilines is 1. The summed E-state index contributed by atoms with van der Waals surface area (Å²) in [5.41, 5.74) is 0.871. The van der Waals surface area contributed by atoms with Gasteiger partial charge in [0.2, 0.25) is 5.91 Å². The van der Waals surface area contributed by atoms with Gasteiger partial charge in [-0.1, -0.05) is 42.1 Å². The van der Waals surface area contributed by atoms with Crippen LogP contribution in [0.2, 0.25) is 0 Å². The van der Waals surface area contributed by atoms with E-state index in [0.29, 0.717) is 24.1 Å². The van der Waals surface area contributed by atoms with Crippen molar-refractivity contribution in [1.29, 1.82) is 0 Å². The summed E-state index contributed by atoms with van der Waals surface area (Å²) in [6.07, 6.45) is -0.490. The summed E-state index contributed by atoms with van der Waals surface area (Å²) in [4.78, 5) is 14.5. The molecular weight excluding hydrogens is 403 g/mol. The first-order valence-corrected chi connectivity index (χ1v) is 10.9. The van der Waals surface area contributed by atoms with Crippen molar-refractivity contribution >= 4 is 23.4 Å². The van der Waals surface area contributed by atoms with Crippen molar-refractivity contribution in [2.45, 2.75) is 38.6 Å². The largest absolute Gasteiger partial charge is 0.480 e. The number of amides is 1. The molecule has 0 aliphatic heterocycles. The quantitative estimate of drug-likeness (QED) is 0.462. The monoisotopic (exact) mass is 428 g/mol. The lowest BCUT2D eigenvalue weighted by molar-refractivity contribution is -0.116. The fraction of sp³-hybridized carbons (Fsp3) is 0.318. The zero-order valence-electron chi connectivity index (χ0n) is 17.3. The lowest BCUT2D eigenvalue weighted by Crippen LogP contribution is -2.32. The van der Waals surface area contributed by atoms with Gasteiger partial charge in [-0.2, -0.15) is 0 Å². The zero-order chi connectivity index (χ0) is 21.5. The van der Waals surface area contributed by atoms with Crippen LogP contribution in [0.3, 0.4) is 0 Å². The van der Waals surface area contributed by atoms with Crippen LogP contribution in [-0.2, 0) is 11.3 Å². The number of para-hydroxylation sites is 2. The molecule has 0 aliphatic carbocycles. The van der Waals surface area contributed by atoms with Crippen molar-refractivity contribution in [3.63, 3.8) is 0 Å². The van der Waals surface area contributed by atoms with Crippen LogP contribution in [0.4, 0.5) is 10.1 Å². The molecule has 1 heterocycles. The van der Waals surface area contributed by atoms with Gasteiger partial charge in [0.1, 0.15) is 0 Å². The molecule has 1 aromatic heterocycles. The Morgan fingerprint density at radius 3 is 2.50 bits per heavy atom. The maximum atomic E-state index is 13.9. The predicted molar refractivity (Wildman–Crippen MR) is 116 cm³/mol. The molecule has 2 aromatic carbocycles. The average molecular weight is 429 g/mol. The number of rotatable bonds is 9. The van der Waals surface area contributed by atoms with E-state index in [1.54, 1.807) is 30.0 Å². The number of hydrogen-bond donors (Lipinski definition) is 0. The smallest absolute Gasteiger partial charge is 0.237 e. The maximum absolute atomic E-state index is 13.9. The first kappa shape index (κ1) is 21.8. The van der Waals surface area contributed by atoms with Crippen molar-refractivity contribution in [2.75, 3.05) is 17.2 Å². The molecule has 0 spiro atoms. The van der Waals surface area contributed by atoms with Gasteiger partial charge in [-0.05, 0) is 45.0 Å². The van der Waals surface area contributed by atoms with Crippen LogP contribution in [0.25, 0.3) is 0 Å². The second kappa shape index (κ2) is 10.2. The Bertz CT molecular complexity index is 980. The molecule has 0 bridgehead atoms. The third-order valence-electron chi connectivity index (χ3n) is 4.58. The van der Waals surface area contributed by atoms with Gasteiger partial charge in [0.25, 0.3) is 0 Å². The van der Waals surface area contributed by atoms with Gasteiger partial charge in [-0.25, -0.2) is 4.39 Å². The molecule has 0 saturated carbocycles. The van der Waals surface area contributed by atoms with Crippen LogP contribution in [-0.4, -0.2) is 33.0 Å². The highest BCUT2D eigenvalue weighted by atomic mass is 32.2. The molecule has 1 amide bonds. The van der Waals surface area contributed by atoms with Gasteiger partial charge in [0.05, 0.1) is 5.75 Å². The Kier molecular flexibility index (Phi) is 7.46. The van der Waals surface area contributed by atoms with Gasteiger partial charge in [0.15, 0.2) is 28.7 Å². The molecular formula is C22H25FN4O2S. The van der Waals surface area contributed by atoms with E-state index in [2.05, 4.69) is 10.2 Å². The molecule has 0 aliphatic rings. The van der Waals surface area contributed by atoms with Crippen LogP contribution in [0, 0.1) is 5.82 Å². The Labute approximate surface area is 180 Å². The molecule has 3 aromatic rings. The molecule has 1 atom stereocenters. The molecule has 6 nitrogen and oxygen atoms in total. The molecule has 30 heavy (non-hydrogen) atoms. The SMILES string of the molecule is CCN(C(=O)CSc1nnc(C(C)Oc2ccccc2F)n1CC)c1ccccc1. The van der Waals surface area contributed by atoms with Crippen LogP contribution in [0.5, 0.6) is 5.75 Å². The number of aromatic nitrogens is 3. The first-order valence-electron chi connectivity index (χ1n) is 9.87. The lowest BCUT2D eigenvalue weighted by Gasteiger charge is -2.20. The standard InChI is InChI=1S/C22H25FN4O2S/c1-4-26(17-11-7-6-8-12-17)20(28)15-30-22-25-24-21(27(22)5-2)16(3)29-19-14-10-9-13-18(19)23/h6-14,16H,4-5,15H2,1-3H3. The van der Waals surface area contributed by atoms with Crippen LogP contribution in [0.1, 0.15) is 32.7 Å². The summed E-state index contributed by atoms with van der Waals surface area (Å²) >= 11 is 1.33. The summed E-state index contributed by atoms with van der Waals surface area (Å²) in [6.45, 7) is 6.92. The highest BCUT2D eigenvalue weighted by Crippen LogP contribution is 2.26. The van der Waals surface area contributed by atoms with E-state index < -0.39 is 11.9 Å². The Morgan fingerprint density at radius 2 is 1.83 bits per heavy atom. The Balaban J connectivity index is 1.69. The fourth-order valence-electron chi connectivity index (χ4n) is 3.10. The van der Waals surface area contributed by atoms with Crippen molar-refractivity contribution in [3.8, 4) is 5.75 Å². The van der Waals surface area contributed by atoms with E-state index in [4.69, 9.17) is 4.74 Å². The van der Waals surface area contributed by atoms with Gasteiger partial charge < -0.3 is 14.2 Å². The van der Waals surface area contributed by atoms with Gasteiger partial charge in [-0.15, -0.1) is 10.2 Å². The number of hydrogen-bond acceptors (Lipinski definition) is 5. The maximum Gasteiger partial charge on any atom is 0.237 e. The minimum atomic E-state index is -0.490. The number of benzene rings is 2. The second-order valence-corrected chi connectivity index (χ2v) is 7.48. The molecule has 1 unspecified atom stereocenters. The molecule has 8 heteroatoms. The summed E-state index contributed by atoms with van der Waals surface area (Å²) in [5.74, 6) is 0.570. The second-order valence-electron chi connectivity index (χ2n) is 6.54. The summed E-state index contributed by atoms with van der Waals surface area (Å²) in [6, 6.07) is 15.8. The van der Waals surface area contributed by atoms with Crippen molar-refractivity contribution in [3.05, 3.63) is 66.2 Å². The molecule has 0 N–H and O–H groups in total. The minimum absolute atomic E-state index is 0.00319. The van der Waals surface area contributed by atoms with Crippen molar-refractivity contribution in [2.24, 2.45) is 0 Å². The average Bonchev–Trinajstić information content (AvgIpc) is 3.18. The lowest BCUT2D eigenvalue weighted by atomic mass is 10.3. The fourth-order valence-corrected chi connectivity index (χ4v) is 3.99. The topological polar surface area (TPSA) is 60.3 Å². The zero-order valence-corrected chi connectivity index (χ0v) is 18.1. The molecule has 0 saturated heterocycles.